The number of likely N-dealkylation sites (N-methyl/N-ethyl adjacent to an activating group) is 1. The molecular weight excluding hydrogens is 268 g/mol. The fraction of sp³-hybridized carbons (Fsp3) is 0.600. The molecule has 6 nitrogen and oxygen atoms in total. The van der Waals surface area contributed by atoms with Gasteiger partial charge in [0.2, 0.25) is 0 Å². The Labute approximate surface area is 124 Å². The van der Waals surface area contributed by atoms with Crippen molar-refractivity contribution in [3.05, 3.63) is 27.8 Å². The molecule has 0 bridgehead atoms. The number of benzene rings is 1. The number of hydrogen-bond acceptors (Lipinski definition) is 5. The zero-order valence-electron chi connectivity index (χ0n) is 12.6. The van der Waals surface area contributed by atoms with Crippen molar-refractivity contribution < 1.29 is 4.92 Å². The maximum atomic E-state index is 11.4. The Morgan fingerprint density at radius 2 is 1.90 bits per heavy atom. The van der Waals surface area contributed by atoms with E-state index in [0.29, 0.717) is 6.04 Å². The quantitative estimate of drug-likeness (QED) is 0.680. The Bertz CT molecular complexity index is 549. The van der Waals surface area contributed by atoms with Crippen LogP contribution >= 0.6 is 0 Å². The minimum Gasteiger partial charge on any atom is -0.382 e. The summed E-state index contributed by atoms with van der Waals surface area (Å²) in [5.41, 5.74) is 3.05. The van der Waals surface area contributed by atoms with Crippen molar-refractivity contribution in [2.75, 3.05) is 43.4 Å². The lowest BCUT2D eigenvalue weighted by Gasteiger charge is -2.34. The van der Waals surface area contributed by atoms with Crippen LogP contribution in [0.4, 0.5) is 17.1 Å². The van der Waals surface area contributed by atoms with Crippen LogP contribution < -0.4 is 10.2 Å². The lowest BCUT2D eigenvalue weighted by Crippen LogP contribution is -2.45. The molecule has 1 aliphatic heterocycles. The SMILES string of the molecule is Cc1c(NC2CC2)ccc([N+](=O)[O-])c1N1CCN(C)CC1. The summed E-state index contributed by atoms with van der Waals surface area (Å²) in [5.74, 6) is 0. The van der Waals surface area contributed by atoms with Gasteiger partial charge in [-0.1, -0.05) is 0 Å². The van der Waals surface area contributed by atoms with E-state index in [2.05, 4.69) is 22.2 Å². The molecule has 0 atom stereocenters. The van der Waals surface area contributed by atoms with Crippen LogP contribution in [0.5, 0.6) is 0 Å². The fourth-order valence-electron chi connectivity index (χ4n) is 2.87. The minimum absolute atomic E-state index is 0.221. The van der Waals surface area contributed by atoms with Crippen LogP contribution in [0.25, 0.3) is 0 Å². The molecule has 6 heteroatoms. The maximum absolute atomic E-state index is 11.4. The van der Waals surface area contributed by atoms with Crippen molar-refractivity contribution >= 4 is 17.1 Å². The van der Waals surface area contributed by atoms with Gasteiger partial charge in [-0.05, 0) is 32.9 Å². The minimum atomic E-state index is -0.262. The summed E-state index contributed by atoms with van der Waals surface area (Å²) in [4.78, 5) is 15.5. The van der Waals surface area contributed by atoms with Crippen LogP contribution in [-0.4, -0.2) is 49.1 Å². The van der Waals surface area contributed by atoms with E-state index < -0.39 is 0 Å². The van der Waals surface area contributed by atoms with E-state index in [1.54, 1.807) is 6.07 Å². The number of rotatable bonds is 4. The highest BCUT2D eigenvalue weighted by Crippen LogP contribution is 2.38. The van der Waals surface area contributed by atoms with Gasteiger partial charge in [0.25, 0.3) is 5.69 Å². The summed E-state index contributed by atoms with van der Waals surface area (Å²) < 4.78 is 0. The molecule has 0 aromatic heterocycles. The van der Waals surface area contributed by atoms with Crippen molar-refractivity contribution in [1.29, 1.82) is 0 Å². The summed E-state index contributed by atoms with van der Waals surface area (Å²) in [5, 5.41) is 14.9. The van der Waals surface area contributed by atoms with E-state index in [-0.39, 0.29) is 10.6 Å². The molecule has 1 saturated carbocycles. The third-order valence-electron chi connectivity index (χ3n) is 4.36. The molecule has 1 heterocycles. The van der Waals surface area contributed by atoms with Gasteiger partial charge in [-0.25, -0.2) is 0 Å². The second-order valence-corrected chi connectivity index (χ2v) is 6.07. The van der Waals surface area contributed by atoms with Gasteiger partial charge in [-0.2, -0.15) is 0 Å². The zero-order chi connectivity index (χ0) is 15.0. The first-order valence-electron chi connectivity index (χ1n) is 7.54. The number of nitrogens with zero attached hydrogens (tertiary/aromatic N) is 3. The van der Waals surface area contributed by atoms with Gasteiger partial charge < -0.3 is 15.1 Å². The number of hydrogen-bond donors (Lipinski definition) is 1. The highest BCUT2D eigenvalue weighted by molar-refractivity contribution is 5.76. The van der Waals surface area contributed by atoms with Crippen molar-refractivity contribution in [2.45, 2.75) is 25.8 Å². The molecule has 0 spiro atoms. The number of nitro benzene ring substituents is 1. The molecule has 1 saturated heterocycles. The summed E-state index contributed by atoms with van der Waals surface area (Å²) >= 11 is 0. The number of anilines is 2. The Hall–Kier alpha value is -1.82. The first-order chi connectivity index (χ1) is 10.1. The third-order valence-corrected chi connectivity index (χ3v) is 4.36. The second-order valence-electron chi connectivity index (χ2n) is 6.07. The Kier molecular flexibility index (Phi) is 3.71. The van der Waals surface area contributed by atoms with E-state index in [1.165, 1.54) is 12.8 Å². The predicted octanol–water partition coefficient (Wildman–Crippen LogP) is 2.23. The lowest BCUT2D eigenvalue weighted by atomic mass is 10.1. The lowest BCUT2D eigenvalue weighted by molar-refractivity contribution is -0.384. The van der Waals surface area contributed by atoms with E-state index >= 15 is 0 Å². The van der Waals surface area contributed by atoms with Gasteiger partial charge in [0.05, 0.1) is 4.92 Å². The van der Waals surface area contributed by atoms with E-state index in [1.807, 2.05) is 13.0 Å². The topological polar surface area (TPSA) is 61.7 Å². The average Bonchev–Trinajstić information content (AvgIpc) is 3.26. The molecule has 0 radical (unpaired) electrons. The van der Waals surface area contributed by atoms with Gasteiger partial charge in [-0.3, -0.25) is 10.1 Å². The van der Waals surface area contributed by atoms with E-state index in [0.717, 1.165) is 43.1 Å². The fourth-order valence-corrected chi connectivity index (χ4v) is 2.87. The van der Waals surface area contributed by atoms with E-state index in [4.69, 9.17) is 0 Å². The molecule has 1 aromatic carbocycles. The largest absolute Gasteiger partial charge is 0.382 e. The molecule has 2 fully saturated rings. The molecule has 2 aliphatic rings. The number of nitro groups is 1. The molecule has 114 valence electrons. The highest BCUT2D eigenvalue weighted by atomic mass is 16.6. The molecule has 3 rings (SSSR count). The molecular formula is C15H22N4O2. The number of piperazine rings is 1. The molecule has 1 N–H and O–H groups in total. The van der Waals surface area contributed by atoms with Gasteiger partial charge in [-0.15, -0.1) is 0 Å². The van der Waals surface area contributed by atoms with Crippen LogP contribution in [0.15, 0.2) is 12.1 Å². The summed E-state index contributed by atoms with van der Waals surface area (Å²) in [6.07, 6.45) is 2.39. The maximum Gasteiger partial charge on any atom is 0.292 e. The molecule has 0 unspecified atom stereocenters. The zero-order valence-corrected chi connectivity index (χ0v) is 12.6. The summed E-state index contributed by atoms with van der Waals surface area (Å²) in [6, 6.07) is 4.04. The summed E-state index contributed by atoms with van der Waals surface area (Å²) in [7, 11) is 2.09. The molecule has 0 amide bonds. The van der Waals surface area contributed by atoms with Crippen molar-refractivity contribution in [3.63, 3.8) is 0 Å². The first-order valence-corrected chi connectivity index (χ1v) is 7.54. The Balaban J connectivity index is 1.95. The van der Waals surface area contributed by atoms with Crippen molar-refractivity contribution in [3.8, 4) is 0 Å². The van der Waals surface area contributed by atoms with Gasteiger partial charge in [0, 0.05) is 49.5 Å². The van der Waals surface area contributed by atoms with Crippen LogP contribution in [-0.2, 0) is 0 Å². The molecule has 21 heavy (non-hydrogen) atoms. The molecule has 1 aliphatic carbocycles. The normalized spacial score (nSPS) is 19.6. The summed E-state index contributed by atoms with van der Waals surface area (Å²) in [6.45, 7) is 5.55. The van der Waals surface area contributed by atoms with Gasteiger partial charge in [0.15, 0.2) is 0 Å². The molecule has 1 aromatic rings. The van der Waals surface area contributed by atoms with Gasteiger partial charge >= 0.3 is 0 Å². The van der Waals surface area contributed by atoms with Crippen molar-refractivity contribution in [1.82, 2.24) is 4.90 Å². The monoisotopic (exact) mass is 290 g/mol. The third kappa shape index (κ3) is 2.95. The standard InChI is InChI=1S/C15H22N4O2/c1-11-13(16-12-3-4-12)5-6-14(19(20)21)15(11)18-9-7-17(2)8-10-18/h5-6,12,16H,3-4,7-10H2,1-2H3. The van der Waals surface area contributed by atoms with E-state index in [9.17, 15) is 10.1 Å². The van der Waals surface area contributed by atoms with Crippen LogP contribution in [0.2, 0.25) is 0 Å². The number of nitrogens with one attached hydrogen (secondary N) is 1. The average molecular weight is 290 g/mol. The first kappa shape index (κ1) is 14.1. The smallest absolute Gasteiger partial charge is 0.292 e. The Morgan fingerprint density at radius 3 is 2.48 bits per heavy atom. The Morgan fingerprint density at radius 1 is 1.24 bits per heavy atom. The predicted molar refractivity (Wildman–Crippen MR) is 84.2 cm³/mol. The van der Waals surface area contributed by atoms with Crippen molar-refractivity contribution in [2.24, 2.45) is 0 Å². The van der Waals surface area contributed by atoms with Crippen LogP contribution in [0, 0.1) is 17.0 Å². The van der Waals surface area contributed by atoms with Gasteiger partial charge in [0.1, 0.15) is 5.69 Å². The second kappa shape index (κ2) is 5.52. The highest BCUT2D eigenvalue weighted by Gasteiger charge is 2.28. The van der Waals surface area contributed by atoms with Crippen LogP contribution in [0.1, 0.15) is 18.4 Å². The van der Waals surface area contributed by atoms with Crippen LogP contribution in [0.3, 0.4) is 0 Å².